The van der Waals surface area contributed by atoms with Crippen LogP contribution in [-0.2, 0) is 18.9 Å². The third-order valence-electron chi connectivity index (χ3n) is 4.69. The molecular weight excluding hydrogens is 424 g/mol. The molecule has 0 saturated carbocycles. The second-order valence-corrected chi connectivity index (χ2v) is 8.55. The Morgan fingerprint density at radius 3 is 2.48 bits per heavy atom. The van der Waals surface area contributed by atoms with Crippen molar-refractivity contribution in [3.63, 3.8) is 0 Å². The number of amides is 1. The fraction of sp³-hybridized carbons (Fsp3) is 0.120. The monoisotopic (exact) mass is 446 g/mol. The van der Waals surface area contributed by atoms with E-state index in [4.69, 9.17) is 4.74 Å². The zero-order chi connectivity index (χ0) is 21.3. The van der Waals surface area contributed by atoms with Crippen molar-refractivity contribution in [2.24, 2.45) is 0 Å². The lowest BCUT2D eigenvalue weighted by atomic mass is 10.1. The molecule has 1 heterocycles. The lowest BCUT2D eigenvalue weighted by molar-refractivity contribution is 0.0947. The SMILES string of the molecule is O=C(NCc1ccccc1COc1ccccc1)c1ccccc1SCc1cscn1. The van der Waals surface area contributed by atoms with Crippen LogP contribution in [0.2, 0.25) is 0 Å². The molecule has 1 N–H and O–H groups in total. The molecule has 0 bridgehead atoms. The van der Waals surface area contributed by atoms with Crippen LogP contribution >= 0.6 is 23.1 Å². The molecule has 0 saturated heterocycles. The van der Waals surface area contributed by atoms with Gasteiger partial charge in [0.1, 0.15) is 12.4 Å². The van der Waals surface area contributed by atoms with E-state index in [1.807, 2.05) is 89.8 Å². The van der Waals surface area contributed by atoms with Gasteiger partial charge in [-0.05, 0) is 35.4 Å². The fourth-order valence-electron chi connectivity index (χ4n) is 3.06. The number of rotatable bonds is 9. The summed E-state index contributed by atoms with van der Waals surface area (Å²) >= 11 is 3.21. The molecule has 1 amide bonds. The molecule has 0 radical (unpaired) electrons. The Bertz CT molecular complexity index is 1120. The van der Waals surface area contributed by atoms with Gasteiger partial charge in [-0.15, -0.1) is 23.1 Å². The van der Waals surface area contributed by atoms with Gasteiger partial charge in [0.05, 0.1) is 16.8 Å². The molecule has 0 unspecified atom stereocenters. The van der Waals surface area contributed by atoms with Gasteiger partial charge in [-0.25, -0.2) is 4.98 Å². The molecule has 0 spiro atoms. The number of nitrogens with zero attached hydrogens (tertiary/aromatic N) is 1. The summed E-state index contributed by atoms with van der Waals surface area (Å²) in [6, 6.07) is 25.4. The van der Waals surface area contributed by atoms with Crippen LogP contribution in [0.3, 0.4) is 0 Å². The van der Waals surface area contributed by atoms with Gasteiger partial charge < -0.3 is 10.1 Å². The summed E-state index contributed by atoms with van der Waals surface area (Å²) in [5, 5.41) is 5.10. The van der Waals surface area contributed by atoms with E-state index in [-0.39, 0.29) is 5.91 Å². The largest absolute Gasteiger partial charge is 0.489 e. The summed E-state index contributed by atoms with van der Waals surface area (Å²) < 4.78 is 5.89. The van der Waals surface area contributed by atoms with Gasteiger partial charge >= 0.3 is 0 Å². The van der Waals surface area contributed by atoms with Gasteiger partial charge in [-0.3, -0.25) is 4.79 Å². The second kappa shape index (κ2) is 10.8. The van der Waals surface area contributed by atoms with Gasteiger partial charge in [0.25, 0.3) is 5.91 Å². The molecular formula is C25H22N2O2S2. The summed E-state index contributed by atoms with van der Waals surface area (Å²) in [5.74, 6) is 1.49. The van der Waals surface area contributed by atoms with Crippen molar-refractivity contribution in [2.75, 3.05) is 0 Å². The van der Waals surface area contributed by atoms with E-state index in [2.05, 4.69) is 10.3 Å². The maximum atomic E-state index is 12.9. The molecule has 0 aliphatic heterocycles. The minimum absolute atomic E-state index is 0.0832. The smallest absolute Gasteiger partial charge is 0.252 e. The molecule has 4 rings (SSSR count). The number of ether oxygens (including phenoxy) is 1. The summed E-state index contributed by atoms with van der Waals surface area (Å²) in [6.07, 6.45) is 0. The van der Waals surface area contributed by atoms with Crippen molar-refractivity contribution < 1.29 is 9.53 Å². The van der Waals surface area contributed by atoms with Crippen LogP contribution in [0.4, 0.5) is 0 Å². The summed E-state index contributed by atoms with van der Waals surface area (Å²) in [5.41, 5.74) is 5.63. The average molecular weight is 447 g/mol. The quantitative estimate of drug-likeness (QED) is 0.323. The van der Waals surface area contributed by atoms with Crippen LogP contribution in [-0.4, -0.2) is 10.9 Å². The first-order valence-corrected chi connectivity index (χ1v) is 11.8. The molecule has 0 atom stereocenters. The molecule has 4 aromatic rings. The van der Waals surface area contributed by atoms with Crippen LogP contribution in [0.25, 0.3) is 0 Å². The van der Waals surface area contributed by atoms with Gasteiger partial charge in [0, 0.05) is 22.6 Å². The highest BCUT2D eigenvalue weighted by molar-refractivity contribution is 7.98. The fourth-order valence-corrected chi connectivity index (χ4v) is 4.68. The Labute approximate surface area is 190 Å². The molecule has 4 nitrogen and oxygen atoms in total. The minimum Gasteiger partial charge on any atom is -0.489 e. The first kappa shape index (κ1) is 21.2. The van der Waals surface area contributed by atoms with Crippen LogP contribution in [0.15, 0.2) is 94.6 Å². The van der Waals surface area contributed by atoms with Crippen LogP contribution in [0, 0.1) is 0 Å². The number of thiazole rings is 1. The van der Waals surface area contributed by atoms with Crippen molar-refractivity contribution in [1.29, 1.82) is 0 Å². The van der Waals surface area contributed by atoms with E-state index in [0.29, 0.717) is 18.7 Å². The number of thioether (sulfide) groups is 1. The number of hydrogen-bond donors (Lipinski definition) is 1. The Morgan fingerprint density at radius 2 is 1.68 bits per heavy atom. The van der Waals surface area contributed by atoms with Crippen LogP contribution in [0.1, 0.15) is 27.2 Å². The number of para-hydroxylation sites is 1. The number of nitrogens with one attached hydrogen (secondary N) is 1. The summed E-state index contributed by atoms with van der Waals surface area (Å²) in [4.78, 5) is 18.2. The molecule has 0 aliphatic rings. The number of hydrogen-bond acceptors (Lipinski definition) is 5. The molecule has 31 heavy (non-hydrogen) atoms. The number of aromatic nitrogens is 1. The molecule has 3 aromatic carbocycles. The lowest BCUT2D eigenvalue weighted by Crippen LogP contribution is -2.24. The summed E-state index contributed by atoms with van der Waals surface area (Å²) in [7, 11) is 0. The minimum atomic E-state index is -0.0832. The Morgan fingerprint density at radius 1 is 0.935 bits per heavy atom. The standard InChI is InChI=1S/C25H22N2O2S2/c28-25(23-12-6-7-13-24(23)31-17-21-16-30-18-27-21)26-14-19-8-4-5-9-20(19)15-29-22-10-2-1-3-11-22/h1-13,16,18H,14-15,17H2,(H,26,28). The maximum Gasteiger partial charge on any atom is 0.252 e. The first-order chi connectivity index (χ1) is 15.3. The van der Waals surface area contributed by atoms with E-state index >= 15 is 0 Å². The van der Waals surface area contributed by atoms with Crippen LogP contribution in [0.5, 0.6) is 5.75 Å². The predicted octanol–water partition coefficient (Wildman–Crippen LogP) is 5.94. The van der Waals surface area contributed by atoms with Crippen molar-refractivity contribution in [3.8, 4) is 5.75 Å². The van der Waals surface area contributed by atoms with Crippen LogP contribution < -0.4 is 10.1 Å². The van der Waals surface area contributed by atoms with Crippen molar-refractivity contribution in [1.82, 2.24) is 10.3 Å². The Balaban J connectivity index is 1.39. The van der Waals surface area contributed by atoms with E-state index < -0.39 is 0 Å². The highest BCUT2D eigenvalue weighted by Gasteiger charge is 2.13. The van der Waals surface area contributed by atoms with E-state index in [9.17, 15) is 4.79 Å². The predicted molar refractivity (Wildman–Crippen MR) is 127 cm³/mol. The zero-order valence-corrected chi connectivity index (χ0v) is 18.5. The molecule has 6 heteroatoms. The Kier molecular flexibility index (Phi) is 7.37. The van der Waals surface area contributed by atoms with Gasteiger partial charge in [0.2, 0.25) is 0 Å². The number of benzene rings is 3. The molecule has 1 aromatic heterocycles. The summed E-state index contributed by atoms with van der Waals surface area (Å²) in [6.45, 7) is 0.897. The van der Waals surface area contributed by atoms with E-state index in [1.54, 1.807) is 23.1 Å². The molecule has 0 aliphatic carbocycles. The Hall–Kier alpha value is -3.09. The lowest BCUT2D eigenvalue weighted by Gasteiger charge is -2.13. The highest BCUT2D eigenvalue weighted by Crippen LogP contribution is 2.26. The van der Waals surface area contributed by atoms with Gasteiger partial charge in [-0.1, -0.05) is 54.6 Å². The third kappa shape index (κ3) is 5.96. The number of carbonyl (C=O) groups excluding carboxylic acids is 1. The highest BCUT2D eigenvalue weighted by atomic mass is 32.2. The van der Waals surface area contributed by atoms with E-state index in [1.165, 1.54) is 0 Å². The normalized spacial score (nSPS) is 10.6. The topological polar surface area (TPSA) is 51.2 Å². The second-order valence-electron chi connectivity index (χ2n) is 6.82. The van der Waals surface area contributed by atoms with Gasteiger partial charge in [-0.2, -0.15) is 0 Å². The number of carbonyl (C=O) groups is 1. The molecule has 156 valence electrons. The van der Waals surface area contributed by atoms with Crippen molar-refractivity contribution in [2.45, 2.75) is 23.8 Å². The third-order valence-corrected chi connectivity index (χ3v) is 6.43. The zero-order valence-electron chi connectivity index (χ0n) is 16.9. The average Bonchev–Trinajstić information content (AvgIpc) is 3.35. The maximum absolute atomic E-state index is 12.9. The van der Waals surface area contributed by atoms with E-state index in [0.717, 1.165) is 33.2 Å². The molecule has 0 fully saturated rings. The first-order valence-electron chi connectivity index (χ1n) is 9.91. The van der Waals surface area contributed by atoms with Gasteiger partial charge in [0.15, 0.2) is 0 Å². The van der Waals surface area contributed by atoms with Crippen molar-refractivity contribution in [3.05, 3.63) is 112 Å². The van der Waals surface area contributed by atoms with Crippen molar-refractivity contribution >= 4 is 29.0 Å².